The molecule has 2 heterocycles. The molecule has 0 radical (unpaired) electrons. The van der Waals surface area contributed by atoms with Crippen molar-refractivity contribution < 1.29 is 14.4 Å². The van der Waals surface area contributed by atoms with Crippen LogP contribution in [0, 0.1) is 5.92 Å². The molecule has 128 valence electrons. The number of rotatable bonds is 3. The summed E-state index contributed by atoms with van der Waals surface area (Å²) in [5.41, 5.74) is 0.869. The fraction of sp³-hybridized carbons (Fsp3) is 0.500. The highest BCUT2D eigenvalue weighted by atomic mass is 16.2. The van der Waals surface area contributed by atoms with Gasteiger partial charge in [-0.15, -0.1) is 0 Å². The summed E-state index contributed by atoms with van der Waals surface area (Å²) in [4.78, 5) is 39.5. The maximum absolute atomic E-state index is 12.4. The fourth-order valence-corrected chi connectivity index (χ4v) is 3.44. The Bertz CT molecular complexity index is 624. The van der Waals surface area contributed by atoms with Gasteiger partial charge in [0.1, 0.15) is 0 Å². The molecule has 1 aromatic carbocycles. The Morgan fingerprint density at radius 1 is 1.12 bits per heavy atom. The summed E-state index contributed by atoms with van der Waals surface area (Å²) >= 11 is 0. The average molecular weight is 329 g/mol. The maximum Gasteiger partial charge on any atom is 0.229 e. The number of hydrogen-bond donors (Lipinski definition) is 1. The van der Waals surface area contributed by atoms with Crippen molar-refractivity contribution in [2.45, 2.75) is 32.2 Å². The lowest BCUT2D eigenvalue weighted by atomic mass is 9.95. The molecule has 0 saturated carbocycles. The van der Waals surface area contributed by atoms with Crippen molar-refractivity contribution in [3.8, 4) is 0 Å². The van der Waals surface area contributed by atoms with E-state index in [0.717, 1.165) is 5.69 Å². The van der Waals surface area contributed by atoms with E-state index in [9.17, 15) is 14.4 Å². The van der Waals surface area contributed by atoms with Gasteiger partial charge in [-0.3, -0.25) is 14.4 Å². The largest absolute Gasteiger partial charge is 0.351 e. The monoisotopic (exact) mass is 329 g/mol. The second-order valence-electron chi connectivity index (χ2n) is 6.53. The smallest absolute Gasteiger partial charge is 0.229 e. The van der Waals surface area contributed by atoms with Crippen LogP contribution in [0.3, 0.4) is 0 Å². The van der Waals surface area contributed by atoms with Crippen molar-refractivity contribution in [2.75, 3.05) is 24.5 Å². The molecule has 0 aromatic heterocycles. The van der Waals surface area contributed by atoms with Crippen molar-refractivity contribution in [2.24, 2.45) is 5.92 Å². The molecule has 0 aliphatic carbocycles. The summed E-state index contributed by atoms with van der Waals surface area (Å²) in [6.45, 7) is 3.34. The molecule has 24 heavy (non-hydrogen) atoms. The lowest BCUT2D eigenvalue weighted by molar-refractivity contribution is -0.134. The zero-order chi connectivity index (χ0) is 17.1. The molecule has 2 saturated heterocycles. The maximum atomic E-state index is 12.4. The Morgan fingerprint density at radius 3 is 2.42 bits per heavy atom. The van der Waals surface area contributed by atoms with E-state index in [1.54, 1.807) is 16.7 Å². The Balaban J connectivity index is 1.53. The van der Waals surface area contributed by atoms with Gasteiger partial charge in [0.2, 0.25) is 17.7 Å². The number of benzene rings is 1. The summed E-state index contributed by atoms with van der Waals surface area (Å²) in [5.74, 6) is 0.0408. The zero-order valence-electron chi connectivity index (χ0n) is 13.9. The second kappa shape index (κ2) is 7.03. The molecule has 1 unspecified atom stereocenters. The molecular formula is C18H23N3O3. The van der Waals surface area contributed by atoms with Crippen LogP contribution in [0.1, 0.15) is 26.2 Å². The minimum absolute atomic E-state index is 0.00548. The van der Waals surface area contributed by atoms with Crippen LogP contribution in [-0.4, -0.2) is 48.3 Å². The third-order valence-corrected chi connectivity index (χ3v) is 4.85. The van der Waals surface area contributed by atoms with Crippen molar-refractivity contribution >= 4 is 23.4 Å². The highest BCUT2D eigenvalue weighted by molar-refractivity contribution is 5.96. The molecule has 1 N–H and O–H groups in total. The van der Waals surface area contributed by atoms with Crippen molar-refractivity contribution in [1.82, 2.24) is 10.2 Å². The van der Waals surface area contributed by atoms with Crippen LogP contribution >= 0.6 is 0 Å². The number of likely N-dealkylation sites (tertiary alicyclic amines) is 1. The van der Waals surface area contributed by atoms with Crippen LogP contribution in [0.4, 0.5) is 5.69 Å². The van der Waals surface area contributed by atoms with Crippen molar-refractivity contribution in [3.63, 3.8) is 0 Å². The summed E-state index contributed by atoms with van der Waals surface area (Å²) < 4.78 is 0. The van der Waals surface area contributed by atoms with Gasteiger partial charge in [0.25, 0.3) is 0 Å². The van der Waals surface area contributed by atoms with Gasteiger partial charge >= 0.3 is 0 Å². The molecule has 6 nitrogen and oxygen atoms in total. The number of piperidine rings is 1. The minimum atomic E-state index is -0.143. The van der Waals surface area contributed by atoms with Crippen LogP contribution in [0.5, 0.6) is 0 Å². The number of anilines is 1. The number of para-hydroxylation sites is 1. The SMILES string of the molecule is CC(=O)N1CCC(C(=O)NC2CC(=O)N(c3ccccc3)C2)CC1. The number of amides is 3. The van der Waals surface area contributed by atoms with E-state index in [2.05, 4.69) is 5.32 Å². The van der Waals surface area contributed by atoms with Gasteiger partial charge in [-0.05, 0) is 25.0 Å². The van der Waals surface area contributed by atoms with Gasteiger partial charge in [-0.25, -0.2) is 0 Å². The molecule has 3 rings (SSSR count). The first-order valence-electron chi connectivity index (χ1n) is 8.46. The molecule has 0 bridgehead atoms. The van der Waals surface area contributed by atoms with E-state index < -0.39 is 0 Å². The molecule has 1 atom stereocenters. The minimum Gasteiger partial charge on any atom is -0.351 e. The summed E-state index contributed by atoms with van der Waals surface area (Å²) in [5, 5.41) is 3.02. The summed E-state index contributed by atoms with van der Waals surface area (Å²) in [6, 6.07) is 9.38. The number of carbonyl (C=O) groups excluding carboxylic acids is 3. The van der Waals surface area contributed by atoms with Gasteiger partial charge in [0.05, 0.1) is 6.04 Å². The van der Waals surface area contributed by atoms with Crippen molar-refractivity contribution in [1.29, 1.82) is 0 Å². The first-order chi connectivity index (χ1) is 11.5. The molecule has 1 aromatic rings. The number of carbonyl (C=O) groups is 3. The van der Waals surface area contributed by atoms with E-state index in [1.165, 1.54) is 0 Å². The van der Waals surface area contributed by atoms with Gasteiger partial charge in [-0.1, -0.05) is 18.2 Å². The topological polar surface area (TPSA) is 69.7 Å². The highest BCUT2D eigenvalue weighted by Gasteiger charge is 2.33. The lowest BCUT2D eigenvalue weighted by Crippen LogP contribution is -2.45. The van der Waals surface area contributed by atoms with Crippen LogP contribution in [0.2, 0.25) is 0 Å². The number of nitrogens with zero attached hydrogens (tertiary/aromatic N) is 2. The summed E-state index contributed by atoms with van der Waals surface area (Å²) in [7, 11) is 0. The molecule has 3 amide bonds. The predicted molar refractivity (Wildman–Crippen MR) is 90.3 cm³/mol. The van der Waals surface area contributed by atoms with E-state index in [0.29, 0.717) is 38.9 Å². The Kier molecular flexibility index (Phi) is 4.83. The van der Waals surface area contributed by atoms with Crippen molar-refractivity contribution in [3.05, 3.63) is 30.3 Å². The van der Waals surface area contributed by atoms with Gasteiger partial charge in [0, 0.05) is 44.6 Å². The van der Waals surface area contributed by atoms with Gasteiger partial charge in [-0.2, -0.15) is 0 Å². The zero-order valence-corrected chi connectivity index (χ0v) is 13.9. The standard InChI is InChI=1S/C18H23N3O3/c1-13(22)20-9-7-14(8-10-20)18(24)19-15-11-17(23)21(12-15)16-5-3-2-4-6-16/h2-6,14-15H,7-12H2,1H3,(H,19,24). The average Bonchev–Trinajstić information content (AvgIpc) is 2.96. The third-order valence-electron chi connectivity index (χ3n) is 4.85. The quantitative estimate of drug-likeness (QED) is 0.905. The van der Waals surface area contributed by atoms with Gasteiger partial charge < -0.3 is 15.1 Å². The first kappa shape index (κ1) is 16.5. The Morgan fingerprint density at radius 2 is 1.79 bits per heavy atom. The highest BCUT2D eigenvalue weighted by Crippen LogP contribution is 2.22. The predicted octanol–water partition coefficient (Wildman–Crippen LogP) is 1.17. The van der Waals surface area contributed by atoms with Gasteiger partial charge in [0.15, 0.2) is 0 Å². The number of hydrogen-bond acceptors (Lipinski definition) is 3. The van der Waals surface area contributed by atoms with E-state index in [-0.39, 0.29) is 29.7 Å². The molecule has 6 heteroatoms. The second-order valence-corrected chi connectivity index (χ2v) is 6.53. The normalized spacial score (nSPS) is 21.9. The van der Waals surface area contributed by atoms with E-state index in [1.807, 2.05) is 30.3 Å². The molecular weight excluding hydrogens is 306 g/mol. The van der Waals surface area contributed by atoms with E-state index >= 15 is 0 Å². The lowest BCUT2D eigenvalue weighted by Gasteiger charge is -2.31. The van der Waals surface area contributed by atoms with Crippen LogP contribution in [0.25, 0.3) is 0 Å². The first-order valence-corrected chi connectivity index (χ1v) is 8.46. The fourth-order valence-electron chi connectivity index (χ4n) is 3.44. The molecule has 2 aliphatic rings. The molecule has 2 fully saturated rings. The van der Waals surface area contributed by atoms with Crippen LogP contribution < -0.4 is 10.2 Å². The third kappa shape index (κ3) is 3.58. The Labute approximate surface area is 141 Å². The van der Waals surface area contributed by atoms with Crippen LogP contribution in [0.15, 0.2) is 30.3 Å². The molecule has 2 aliphatic heterocycles. The van der Waals surface area contributed by atoms with E-state index in [4.69, 9.17) is 0 Å². The summed E-state index contributed by atoms with van der Waals surface area (Å²) in [6.07, 6.45) is 1.72. The number of nitrogens with one attached hydrogen (secondary N) is 1. The Hall–Kier alpha value is -2.37. The molecule has 0 spiro atoms. The van der Waals surface area contributed by atoms with Crippen LogP contribution in [-0.2, 0) is 14.4 Å².